The normalized spacial score (nSPS) is 13.0. The maximum atomic E-state index is 13.4. The molecule has 1 N–H and O–H groups in total. The Kier molecular flexibility index (Phi) is 6.66. The molecule has 1 rings (SSSR count). The molecule has 0 aliphatic heterocycles. The van der Waals surface area contributed by atoms with Gasteiger partial charge in [-0.1, -0.05) is 45.2 Å². The summed E-state index contributed by atoms with van der Waals surface area (Å²) in [6.07, 6.45) is 3.18. The Balaban J connectivity index is 3.03. The lowest BCUT2D eigenvalue weighted by atomic mass is 9.88. The molecule has 18 heavy (non-hydrogen) atoms. The van der Waals surface area contributed by atoms with Crippen molar-refractivity contribution < 1.29 is 4.39 Å². The summed E-state index contributed by atoms with van der Waals surface area (Å²) >= 11 is 6.22. The van der Waals surface area contributed by atoms with Crippen LogP contribution < -0.4 is 5.32 Å². The van der Waals surface area contributed by atoms with Gasteiger partial charge in [-0.05, 0) is 42.6 Å². The van der Waals surface area contributed by atoms with Gasteiger partial charge in [0, 0.05) is 11.1 Å². The van der Waals surface area contributed by atoms with E-state index in [1.165, 1.54) is 6.07 Å². The van der Waals surface area contributed by atoms with Crippen LogP contribution in [-0.4, -0.2) is 6.54 Å². The van der Waals surface area contributed by atoms with Crippen LogP contribution in [-0.2, 0) is 0 Å². The molecule has 0 amide bonds. The van der Waals surface area contributed by atoms with E-state index in [2.05, 4.69) is 26.1 Å². The van der Waals surface area contributed by atoms with Gasteiger partial charge in [0.1, 0.15) is 5.82 Å². The zero-order valence-electron chi connectivity index (χ0n) is 11.5. The summed E-state index contributed by atoms with van der Waals surface area (Å²) in [6, 6.07) is 4.77. The lowest BCUT2D eigenvalue weighted by molar-refractivity contribution is 0.341. The monoisotopic (exact) mass is 271 g/mol. The largest absolute Gasteiger partial charge is 0.310 e. The number of rotatable bonds is 7. The molecule has 1 aromatic carbocycles. The second kappa shape index (κ2) is 7.75. The summed E-state index contributed by atoms with van der Waals surface area (Å²) in [5.41, 5.74) is 0.888. The SMILES string of the molecule is CCCNC(c1cc(F)ccc1Cl)C(CC)CC. The molecule has 0 saturated heterocycles. The summed E-state index contributed by atoms with van der Waals surface area (Å²) in [5.74, 6) is 0.263. The van der Waals surface area contributed by atoms with Crippen LogP contribution in [0.1, 0.15) is 51.6 Å². The highest BCUT2D eigenvalue weighted by atomic mass is 35.5. The lowest BCUT2D eigenvalue weighted by Crippen LogP contribution is -2.29. The van der Waals surface area contributed by atoms with Gasteiger partial charge in [-0.2, -0.15) is 0 Å². The van der Waals surface area contributed by atoms with Gasteiger partial charge in [0.25, 0.3) is 0 Å². The average molecular weight is 272 g/mol. The standard InChI is InChI=1S/C15H23ClFN/c1-4-9-18-15(11(5-2)6-3)13-10-12(17)7-8-14(13)16/h7-8,10-11,15,18H,4-6,9H2,1-3H3. The minimum atomic E-state index is -0.219. The van der Waals surface area contributed by atoms with Crippen molar-refractivity contribution in [1.82, 2.24) is 5.32 Å². The third-order valence-corrected chi connectivity index (χ3v) is 3.77. The van der Waals surface area contributed by atoms with Gasteiger partial charge in [0.05, 0.1) is 0 Å². The number of nitrogens with one attached hydrogen (secondary N) is 1. The van der Waals surface area contributed by atoms with E-state index >= 15 is 0 Å². The first-order valence-corrected chi connectivity index (χ1v) is 7.20. The van der Waals surface area contributed by atoms with Crippen LogP contribution in [0.3, 0.4) is 0 Å². The third-order valence-electron chi connectivity index (χ3n) is 3.43. The van der Waals surface area contributed by atoms with E-state index < -0.39 is 0 Å². The highest BCUT2D eigenvalue weighted by Gasteiger charge is 2.22. The van der Waals surface area contributed by atoms with Crippen molar-refractivity contribution in [2.45, 2.75) is 46.1 Å². The Hall–Kier alpha value is -0.600. The first-order valence-electron chi connectivity index (χ1n) is 6.82. The lowest BCUT2D eigenvalue weighted by Gasteiger charge is -2.27. The molecule has 0 aliphatic rings. The summed E-state index contributed by atoms with van der Waals surface area (Å²) in [5, 5.41) is 4.15. The van der Waals surface area contributed by atoms with E-state index in [1.54, 1.807) is 12.1 Å². The van der Waals surface area contributed by atoms with Crippen molar-refractivity contribution >= 4 is 11.6 Å². The molecule has 0 fully saturated rings. The maximum absolute atomic E-state index is 13.4. The molecule has 1 aromatic rings. The Morgan fingerprint density at radius 3 is 2.44 bits per heavy atom. The van der Waals surface area contributed by atoms with Crippen molar-refractivity contribution in [3.05, 3.63) is 34.6 Å². The summed E-state index contributed by atoms with van der Waals surface area (Å²) in [6.45, 7) is 7.39. The van der Waals surface area contributed by atoms with Crippen LogP contribution in [0.15, 0.2) is 18.2 Å². The smallest absolute Gasteiger partial charge is 0.123 e. The van der Waals surface area contributed by atoms with Gasteiger partial charge in [-0.3, -0.25) is 0 Å². The van der Waals surface area contributed by atoms with Crippen molar-refractivity contribution in [3.8, 4) is 0 Å². The van der Waals surface area contributed by atoms with Crippen LogP contribution in [0.4, 0.5) is 4.39 Å². The van der Waals surface area contributed by atoms with Crippen molar-refractivity contribution in [3.63, 3.8) is 0 Å². The van der Waals surface area contributed by atoms with E-state index in [1.807, 2.05) is 0 Å². The highest BCUT2D eigenvalue weighted by molar-refractivity contribution is 6.31. The molecule has 1 nitrogen and oxygen atoms in total. The minimum absolute atomic E-state index is 0.142. The fraction of sp³-hybridized carbons (Fsp3) is 0.600. The summed E-state index contributed by atoms with van der Waals surface area (Å²) in [7, 11) is 0. The molecule has 0 radical (unpaired) electrons. The predicted molar refractivity (Wildman–Crippen MR) is 76.5 cm³/mol. The fourth-order valence-electron chi connectivity index (χ4n) is 2.34. The Morgan fingerprint density at radius 2 is 1.89 bits per heavy atom. The van der Waals surface area contributed by atoms with Crippen molar-refractivity contribution in [1.29, 1.82) is 0 Å². The number of halogens is 2. The molecule has 102 valence electrons. The fourth-order valence-corrected chi connectivity index (χ4v) is 2.58. The van der Waals surface area contributed by atoms with E-state index in [0.717, 1.165) is 31.4 Å². The molecule has 1 unspecified atom stereocenters. The third kappa shape index (κ3) is 3.96. The topological polar surface area (TPSA) is 12.0 Å². The molecule has 0 aromatic heterocycles. The molecule has 0 heterocycles. The number of benzene rings is 1. The van der Waals surface area contributed by atoms with Gasteiger partial charge >= 0.3 is 0 Å². The first kappa shape index (κ1) is 15.5. The van der Waals surface area contributed by atoms with Crippen LogP contribution in [0, 0.1) is 11.7 Å². The zero-order valence-corrected chi connectivity index (χ0v) is 12.2. The van der Waals surface area contributed by atoms with Crippen LogP contribution in [0.5, 0.6) is 0 Å². The molecular formula is C15H23ClFN. The Morgan fingerprint density at radius 1 is 1.22 bits per heavy atom. The first-order chi connectivity index (χ1) is 8.63. The second-order valence-electron chi connectivity index (χ2n) is 4.67. The van der Waals surface area contributed by atoms with E-state index in [0.29, 0.717) is 10.9 Å². The zero-order chi connectivity index (χ0) is 13.5. The molecule has 0 spiro atoms. The van der Waals surface area contributed by atoms with Gasteiger partial charge in [0.2, 0.25) is 0 Å². The average Bonchev–Trinajstić information content (AvgIpc) is 2.38. The molecule has 3 heteroatoms. The second-order valence-corrected chi connectivity index (χ2v) is 5.08. The molecule has 0 saturated carbocycles. The predicted octanol–water partition coefficient (Wildman–Crippen LogP) is 4.96. The molecule has 0 aliphatic carbocycles. The van der Waals surface area contributed by atoms with E-state index in [4.69, 9.17) is 11.6 Å². The van der Waals surface area contributed by atoms with Crippen LogP contribution >= 0.6 is 11.6 Å². The van der Waals surface area contributed by atoms with Crippen LogP contribution in [0.2, 0.25) is 5.02 Å². The van der Waals surface area contributed by atoms with Crippen molar-refractivity contribution in [2.75, 3.05) is 6.54 Å². The number of hydrogen-bond donors (Lipinski definition) is 1. The summed E-state index contributed by atoms with van der Waals surface area (Å²) < 4.78 is 13.4. The maximum Gasteiger partial charge on any atom is 0.123 e. The molecular weight excluding hydrogens is 249 g/mol. The van der Waals surface area contributed by atoms with E-state index in [9.17, 15) is 4.39 Å². The molecule has 1 atom stereocenters. The van der Waals surface area contributed by atoms with Crippen LogP contribution in [0.25, 0.3) is 0 Å². The van der Waals surface area contributed by atoms with Crippen molar-refractivity contribution in [2.24, 2.45) is 5.92 Å². The van der Waals surface area contributed by atoms with Gasteiger partial charge < -0.3 is 5.32 Å². The van der Waals surface area contributed by atoms with E-state index in [-0.39, 0.29) is 11.9 Å². The Labute approximate surface area is 115 Å². The Bertz CT molecular complexity index is 364. The van der Waals surface area contributed by atoms with Gasteiger partial charge in [-0.25, -0.2) is 4.39 Å². The number of hydrogen-bond acceptors (Lipinski definition) is 1. The molecule has 0 bridgehead atoms. The quantitative estimate of drug-likeness (QED) is 0.739. The highest BCUT2D eigenvalue weighted by Crippen LogP contribution is 2.32. The summed E-state index contributed by atoms with van der Waals surface area (Å²) in [4.78, 5) is 0. The minimum Gasteiger partial charge on any atom is -0.310 e. The van der Waals surface area contributed by atoms with Gasteiger partial charge in [-0.15, -0.1) is 0 Å². The van der Waals surface area contributed by atoms with Gasteiger partial charge in [0.15, 0.2) is 0 Å².